The first-order chi connectivity index (χ1) is 12.9. The summed E-state index contributed by atoms with van der Waals surface area (Å²) in [5.41, 5.74) is 5.19. The molecule has 148 valence electrons. The third-order valence-electron chi connectivity index (χ3n) is 4.51. The van der Waals surface area contributed by atoms with Crippen LogP contribution in [0.5, 0.6) is 5.75 Å². The van der Waals surface area contributed by atoms with E-state index in [0.29, 0.717) is 32.8 Å². The van der Waals surface area contributed by atoms with Gasteiger partial charge in [-0.15, -0.1) is 0 Å². The van der Waals surface area contributed by atoms with E-state index in [-0.39, 0.29) is 6.03 Å². The summed E-state index contributed by atoms with van der Waals surface area (Å²) in [6.07, 6.45) is 0. The Morgan fingerprint density at radius 1 is 1.11 bits per heavy atom. The Labute approximate surface area is 161 Å². The minimum absolute atomic E-state index is 0.219. The van der Waals surface area contributed by atoms with Gasteiger partial charge in [0.1, 0.15) is 12.4 Å². The molecular weight excluding hydrogens is 344 g/mol. The Morgan fingerprint density at radius 2 is 1.81 bits per heavy atom. The molecule has 27 heavy (non-hydrogen) atoms. The van der Waals surface area contributed by atoms with Crippen LogP contribution in [-0.4, -0.2) is 42.7 Å². The molecule has 2 amide bonds. The lowest BCUT2D eigenvalue weighted by molar-refractivity contribution is 0.182. The average Bonchev–Trinajstić information content (AvgIpc) is 2.90. The summed E-state index contributed by atoms with van der Waals surface area (Å²) in [7, 11) is 1.67. The van der Waals surface area contributed by atoms with Gasteiger partial charge in [-0.25, -0.2) is 4.79 Å². The van der Waals surface area contributed by atoms with Gasteiger partial charge < -0.3 is 20.1 Å². The van der Waals surface area contributed by atoms with Crippen LogP contribution in [0, 0.1) is 27.7 Å². The van der Waals surface area contributed by atoms with Crippen LogP contribution in [0.3, 0.4) is 0 Å². The number of rotatable bonds is 9. The molecule has 0 saturated heterocycles. The van der Waals surface area contributed by atoms with Gasteiger partial charge in [0.15, 0.2) is 0 Å². The fourth-order valence-electron chi connectivity index (χ4n) is 2.96. The van der Waals surface area contributed by atoms with Crippen molar-refractivity contribution in [2.24, 2.45) is 0 Å². The second kappa shape index (κ2) is 9.97. The normalized spacial score (nSPS) is 10.7. The number of nitrogens with one attached hydrogen (secondary N) is 2. The third kappa shape index (κ3) is 5.72. The second-order valence-electron chi connectivity index (χ2n) is 6.54. The molecule has 0 aliphatic rings. The van der Waals surface area contributed by atoms with Gasteiger partial charge >= 0.3 is 6.03 Å². The van der Waals surface area contributed by atoms with Crippen LogP contribution in [0.1, 0.15) is 28.1 Å². The lowest BCUT2D eigenvalue weighted by Gasteiger charge is -2.13. The van der Waals surface area contributed by atoms with Crippen molar-refractivity contribution >= 4 is 6.03 Å². The summed E-state index contributed by atoms with van der Waals surface area (Å²) in [5.74, 6) is 0.884. The first kappa shape index (κ1) is 20.8. The molecule has 7 heteroatoms. The van der Waals surface area contributed by atoms with E-state index in [1.165, 1.54) is 0 Å². The zero-order valence-electron chi connectivity index (χ0n) is 16.9. The predicted molar refractivity (Wildman–Crippen MR) is 105 cm³/mol. The van der Waals surface area contributed by atoms with Gasteiger partial charge in [0.05, 0.1) is 25.4 Å². The molecule has 0 unspecified atom stereocenters. The number of methoxy groups -OCH3 is 1. The summed E-state index contributed by atoms with van der Waals surface area (Å²) < 4.78 is 12.8. The summed E-state index contributed by atoms with van der Waals surface area (Å²) in [6.45, 7) is 10.6. The zero-order chi connectivity index (χ0) is 19.8. The van der Waals surface area contributed by atoms with Gasteiger partial charge in [-0.2, -0.15) is 5.10 Å². The first-order valence-corrected chi connectivity index (χ1v) is 9.16. The van der Waals surface area contributed by atoms with Crippen molar-refractivity contribution < 1.29 is 14.3 Å². The Kier molecular flexibility index (Phi) is 7.67. The highest BCUT2D eigenvalue weighted by Crippen LogP contribution is 2.21. The molecule has 1 heterocycles. The highest BCUT2D eigenvalue weighted by Gasteiger charge is 2.12. The number of carbonyl (C=O) groups is 1. The van der Waals surface area contributed by atoms with Crippen LogP contribution < -0.4 is 15.4 Å². The highest BCUT2D eigenvalue weighted by atomic mass is 16.5. The Hall–Kier alpha value is -2.54. The lowest BCUT2D eigenvalue weighted by atomic mass is 10.1. The van der Waals surface area contributed by atoms with Crippen molar-refractivity contribution in [3.8, 4) is 5.75 Å². The van der Waals surface area contributed by atoms with Gasteiger partial charge in [0.2, 0.25) is 0 Å². The third-order valence-corrected chi connectivity index (χ3v) is 4.51. The van der Waals surface area contributed by atoms with Gasteiger partial charge in [0, 0.05) is 24.9 Å². The largest absolute Gasteiger partial charge is 0.491 e. The highest BCUT2D eigenvalue weighted by molar-refractivity contribution is 5.73. The Balaban J connectivity index is 1.76. The van der Waals surface area contributed by atoms with E-state index in [2.05, 4.69) is 15.7 Å². The van der Waals surface area contributed by atoms with Crippen LogP contribution in [0.2, 0.25) is 0 Å². The van der Waals surface area contributed by atoms with Crippen LogP contribution >= 0.6 is 0 Å². The maximum absolute atomic E-state index is 12.0. The van der Waals surface area contributed by atoms with E-state index in [9.17, 15) is 4.79 Å². The SMILES string of the molecule is COCCn1nc(C)c(CNC(=O)NCCOc2c(C)cccc2C)c1C. The number of benzene rings is 1. The molecule has 0 radical (unpaired) electrons. The van der Waals surface area contributed by atoms with Crippen molar-refractivity contribution in [3.05, 3.63) is 46.3 Å². The van der Waals surface area contributed by atoms with E-state index in [1.54, 1.807) is 7.11 Å². The number of nitrogens with zero attached hydrogens (tertiary/aromatic N) is 2. The molecule has 2 aromatic rings. The van der Waals surface area contributed by atoms with E-state index in [0.717, 1.165) is 33.8 Å². The molecule has 7 nitrogen and oxygen atoms in total. The molecule has 0 saturated carbocycles. The first-order valence-electron chi connectivity index (χ1n) is 9.16. The number of hydrogen-bond donors (Lipinski definition) is 2. The predicted octanol–water partition coefficient (Wildman–Crippen LogP) is 2.64. The van der Waals surface area contributed by atoms with E-state index in [4.69, 9.17) is 9.47 Å². The van der Waals surface area contributed by atoms with Crippen molar-refractivity contribution in [3.63, 3.8) is 0 Å². The average molecular weight is 374 g/mol. The zero-order valence-corrected chi connectivity index (χ0v) is 16.9. The van der Waals surface area contributed by atoms with E-state index in [1.807, 2.05) is 50.6 Å². The molecule has 0 bridgehead atoms. The van der Waals surface area contributed by atoms with Gasteiger partial charge in [-0.05, 0) is 38.8 Å². The number of aromatic nitrogens is 2. The lowest BCUT2D eigenvalue weighted by Crippen LogP contribution is -2.37. The van der Waals surface area contributed by atoms with Gasteiger partial charge in [-0.1, -0.05) is 18.2 Å². The van der Waals surface area contributed by atoms with Crippen LogP contribution in [0.15, 0.2) is 18.2 Å². The molecular formula is C20H30N4O3. The number of para-hydroxylation sites is 1. The number of ether oxygens (including phenoxy) is 2. The van der Waals surface area contributed by atoms with Crippen LogP contribution in [0.4, 0.5) is 4.79 Å². The number of amides is 2. The van der Waals surface area contributed by atoms with E-state index >= 15 is 0 Å². The molecule has 0 atom stereocenters. The number of urea groups is 1. The van der Waals surface area contributed by atoms with Crippen molar-refractivity contribution in [1.29, 1.82) is 0 Å². The maximum Gasteiger partial charge on any atom is 0.315 e. The molecule has 0 spiro atoms. The molecule has 1 aromatic carbocycles. The second-order valence-corrected chi connectivity index (χ2v) is 6.54. The molecule has 2 N–H and O–H groups in total. The monoisotopic (exact) mass is 374 g/mol. The van der Waals surface area contributed by atoms with Crippen LogP contribution in [0.25, 0.3) is 0 Å². The smallest absolute Gasteiger partial charge is 0.315 e. The standard InChI is InChI=1S/C20H30N4O3/c1-14-7-6-8-15(2)19(14)27-11-9-21-20(25)22-13-18-16(3)23-24(17(18)4)10-12-26-5/h6-8H,9-13H2,1-5H3,(H2,21,22,25). The summed E-state index contributed by atoms with van der Waals surface area (Å²) in [4.78, 5) is 12.0. The number of carbonyl (C=O) groups excluding carboxylic acids is 1. The molecule has 0 aliphatic carbocycles. The molecule has 2 rings (SSSR count). The van der Waals surface area contributed by atoms with Gasteiger partial charge in [-0.3, -0.25) is 4.68 Å². The number of hydrogen-bond acceptors (Lipinski definition) is 4. The summed E-state index contributed by atoms with van der Waals surface area (Å²) in [5, 5.41) is 10.2. The Morgan fingerprint density at radius 3 is 2.48 bits per heavy atom. The molecule has 0 fully saturated rings. The minimum Gasteiger partial charge on any atom is -0.491 e. The maximum atomic E-state index is 12.0. The fourth-order valence-corrected chi connectivity index (χ4v) is 2.96. The van der Waals surface area contributed by atoms with Gasteiger partial charge in [0.25, 0.3) is 0 Å². The topological polar surface area (TPSA) is 77.4 Å². The molecule has 1 aromatic heterocycles. The van der Waals surface area contributed by atoms with Crippen molar-refractivity contribution in [1.82, 2.24) is 20.4 Å². The quantitative estimate of drug-likeness (QED) is 0.662. The summed E-state index contributed by atoms with van der Waals surface area (Å²) in [6, 6.07) is 5.81. The van der Waals surface area contributed by atoms with E-state index < -0.39 is 0 Å². The fraction of sp³-hybridized carbons (Fsp3) is 0.500. The minimum atomic E-state index is -0.219. The van der Waals surface area contributed by atoms with Crippen molar-refractivity contribution in [2.75, 3.05) is 26.9 Å². The van der Waals surface area contributed by atoms with Crippen LogP contribution in [-0.2, 0) is 17.8 Å². The number of aryl methyl sites for hydroxylation is 3. The Bertz CT molecular complexity index is 751. The summed E-state index contributed by atoms with van der Waals surface area (Å²) >= 11 is 0. The van der Waals surface area contributed by atoms with Crippen molar-refractivity contribution in [2.45, 2.75) is 40.8 Å². The molecule has 0 aliphatic heterocycles.